The number of hydrogen-bond donors (Lipinski definition) is 1. The minimum Gasteiger partial charge on any atom is -0.496 e. The molecule has 3 aromatic rings. The Labute approximate surface area is 162 Å². The number of nitrogens with one attached hydrogen (secondary N) is 1. The van der Waals surface area contributed by atoms with Gasteiger partial charge in [0.25, 0.3) is 5.91 Å². The van der Waals surface area contributed by atoms with Crippen molar-refractivity contribution in [3.8, 4) is 17.0 Å². The van der Waals surface area contributed by atoms with Crippen molar-refractivity contribution in [1.29, 1.82) is 0 Å². The van der Waals surface area contributed by atoms with Crippen LogP contribution >= 0.6 is 0 Å². The first-order valence-corrected chi connectivity index (χ1v) is 8.77. The lowest BCUT2D eigenvalue weighted by Crippen LogP contribution is -2.30. The van der Waals surface area contributed by atoms with Gasteiger partial charge >= 0.3 is 0 Å². The summed E-state index contributed by atoms with van der Waals surface area (Å²) in [6, 6.07) is 15.2. The normalized spacial score (nSPS) is 11.9. The van der Waals surface area contributed by atoms with Crippen LogP contribution in [0.4, 0.5) is 4.39 Å². The summed E-state index contributed by atoms with van der Waals surface area (Å²) < 4.78 is 25.5. The van der Waals surface area contributed by atoms with E-state index in [4.69, 9.17) is 9.47 Å². The summed E-state index contributed by atoms with van der Waals surface area (Å²) in [5.74, 6) is 0.0997. The SMILES string of the molecule is COc1ccccc1C(CNC(=O)c1cc(-c2ccc(F)cc2)nn1C)OC. The highest BCUT2D eigenvalue weighted by atomic mass is 19.1. The zero-order chi connectivity index (χ0) is 20.1. The summed E-state index contributed by atoms with van der Waals surface area (Å²) in [7, 11) is 4.87. The molecule has 0 aliphatic carbocycles. The minimum atomic E-state index is -0.357. The molecule has 2 aromatic carbocycles. The third-order valence-corrected chi connectivity index (χ3v) is 4.47. The third-order valence-electron chi connectivity index (χ3n) is 4.47. The molecule has 1 aromatic heterocycles. The quantitative estimate of drug-likeness (QED) is 0.680. The molecule has 28 heavy (non-hydrogen) atoms. The zero-order valence-corrected chi connectivity index (χ0v) is 16.0. The molecule has 3 rings (SSSR count). The number of halogens is 1. The number of carbonyl (C=O) groups is 1. The van der Waals surface area contributed by atoms with Crippen LogP contribution < -0.4 is 10.1 Å². The lowest BCUT2D eigenvalue weighted by Gasteiger charge is -2.19. The van der Waals surface area contributed by atoms with Gasteiger partial charge in [-0.3, -0.25) is 9.48 Å². The van der Waals surface area contributed by atoms with Crippen LogP contribution in [0, 0.1) is 5.82 Å². The van der Waals surface area contributed by atoms with E-state index in [2.05, 4.69) is 10.4 Å². The fraction of sp³-hybridized carbons (Fsp3) is 0.238. The molecule has 0 radical (unpaired) electrons. The lowest BCUT2D eigenvalue weighted by atomic mass is 10.1. The van der Waals surface area contributed by atoms with E-state index in [9.17, 15) is 9.18 Å². The number of para-hydroxylation sites is 1. The number of hydrogen-bond acceptors (Lipinski definition) is 4. The zero-order valence-electron chi connectivity index (χ0n) is 16.0. The largest absolute Gasteiger partial charge is 0.496 e. The molecule has 6 nitrogen and oxygen atoms in total. The molecule has 146 valence electrons. The van der Waals surface area contributed by atoms with Crippen LogP contribution in [0.15, 0.2) is 54.6 Å². The summed E-state index contributed by atoms with van der Waals surface area (Å²) >= 11 is 0. The Kier molecular flexibility index (Phi) is 6.06. The number of carbonyl (C=O) groups excluding carboxylic acids is 1. The number of benzene rings is 2. The van der Waals surface area contributed by atoms with E-state index in [0.717, 1.165) is 11.1 Å². The molecule has 0 aliphatic rings. The fourth-order valence-corrected chi connectivity index (χ4v) is 2.97. The van der Waals surface area contributed by atoms with Gasteiger partial charge in [0.15, 0.2) is 0 Å². The van der Waals surface area contributed by atoms with Gasteiger partial charge < -0.3 is 14.8 Å². The maximum Gasteiger partial charge on any atom is 0.269 e. The van der Waals surface area contributed by atoms with E-state index in [1.54, 1.807) is 39.5 Å². The molecular weight excluding hydrogens is 361 g/mol. The number of ether oxygens (including phenoxy) is 2. The number of methoxy groups -OCH3 is 2. The van der Waals surface area contributed by atoms with Gasteiger partial charge in [-0.05, 0) is 36.4 Å². The van der Waals surface area contributed by atoms with Crippen molar-refractivity contribution in [2.24, 2.45) is 7.05 Å². The van der Waals surface area contributed by atoms with Gasteiger partial charge in [0.05, 0.1) is 12.8 Å². The molecular formula is C21H22FN3O3. The van der Waals surface area contributed by atoms with Crippen LogP contribution in [0.3, 0.4) is 0 Å². The maximum atomic E-state index is 13.1. The van der Waals surface area contributed by atoms with Crippen LogP contribution in [0.5, 0.6) is 5.75 Å². The van der Waals surface area contributed by atoms with Crippen molar-refractivity contribution in [2.45, 2.75) is 6.10 Å². The number of nitrogens with zero attached hydrogens (tertiary/aromatic N) is 2. The second-order valence-corrected chi connectivity index (χ2v) is 6.22. The van der Waals surface area contributed by atoms with Crippen LogP contribution in [0.1, 0.15) is 22.2 Å². The minimum absolute atomic E-state index is 0.271. The fourth-order valence-electron chi connectivity index (χ4n) is 2.97. The molecule has 0 saturated heterocycles. The smallest absolute Gasteiger partial charge is 0.269 e. The lowest BCUT2D eigenvalue weighted by molar-refractivity contribution is 0.0812. The Bertz CT molecular complexity index is 954. The molecule has 0 spiro atoms. The standard InChI is InChI=1S/C21H22FN3O3/c1-25-18(12-17(24-25)14-8-10-15(22)11-9-14)21(26)23-13-20(28-3)16-6-4-5-7-19(16)27-2/h4-12,20H,13H2,1-3H3,(H,23,26). The first-order chi connectivity index (χ1) is 13.5. The highest BCUT2D eigenvalue weighted by molar-refractivity contribution is 5.93. The molecule has 0 bridgehead atoms. The third kappa shape index (κ3) is 4.20. The van der Waals surface area contributed by atoms with Crippen LogP contribution in [-0.2, 0) is 11.8 Å². The predicted octanol–water partition coefficient (Wildman–Crippen LogP) is 3.35. The van der Waals surface area contributed by atoms with Gasteiger partial charge in [-0.1, -0.05) is 18.2 Å². The van der Waals surface area contributed by atoms with E-state index in [1.807, 2.05) is 24.3 Å². The van der Waals surface area contributed by atoms with Gasteiger partial charge in [-0.2, -0.15) is 5.10 Å². The number of aryl methyl sites for hydroxylation is 1. The molecule has 1 unspecified atom stereocenters. The van der Waals surface area contributed by atoms with Gasteiger partial charge in [0.1, 0.15) is 23.4 Å². The number of amides is 1. The van der Waals surface area contributed by atoms with Gasteiger partial charge in [0, 0.05) is 31.8 Å². The van der Waals surface area contributed by atoms with Gasteiger partial charge in [-0.15, -0.1) is 0 Å². The van der Waals surface area contributed by atoms with E-state index in [0.29, 0.717) is 17.1 Å². The monoisotopic (exact) mass is 383 g/mol. The summed E-state index contributed by atoms with van der Waals surface area (Å²) in [6.45, 7) is 0.271. The Balaban J connectivity index is 1.73. The molecule has 0 fully saturated rings. The van der Waals surface area contributed by atoms with E-state index >= 15 is 0 Å². The van der Waals surface area contributed by atoms with E-state index < -0.39 is 0 Å². The Morgan fingerprint density at radius 3 is 2.57 bits per heavy atom. The van der Waals surface area contributed by atoms with Crippen molar-refractivity contribution in [3.63, 3.8) is 0 Å². The Hall–Kier alpha value is -3.19. The Morgan fingerprint density at radius 1 is 1.18 bits per heavy atom. The average molecular weight is 383 g/mol. The highest BCUT2D eigenvalue weighted by Gasteiger charge is 2.19. The molecule has 1 N–H and O–H groups in total. The number of aromatic nitrogens is 2. The molecule has 0 saturated carbocycles. The predicted molar refractivity (Wildman–Crippen MR) is 104 cm³/mol. The van der Waals surface area contributed by atoms with Crippen molar-refractivity contribution in [2.75, 3.05) is 20.8 Å². The summed E-state index contributed by atoms with van der Waals surface area (Å²) in [5.41, 5.74) is 2.58. The first kappa shape index (κ1) is 19.6. The second-order valence-electron chi connectivity index (χ2n) is 6.22. The van der Waals surface area contributed by atoms with Gasteiger partial charge in [0.2, 0.25) is 0 Å². The topological polar surface area (TPSA) is 65.4 Å². The van der Waals surface area contributed by atoms with Crippen LogP contribution in [0.25, 0.3) is 11.3 Å². The van der Waals surface area contributed by atoms with Crippen molar-refractivity contribution >= 4 is 5.91 Å². The van der Waals surface area contributed by atoms with E-state index in [-0.39, 0.29) is 24.4 Å². The van der Waals surface area contributed by atoms with Gasteiger partial charge in [-0.25, -0.2) is 4.39 Å². The summed E-state index contributed by atoms with van der Waals surface area (Å²) in [4.78, 5) is 12.7. The highest BCUT2D eigenvalue weighted by Crippen LogP contribution is 2.26. The number of rotatable bonds is 7. The molecule has 1 heterocycles. The summed E-state index contributed by atoms with van der Waals surface area (Å²) in [6.07, 6.45) is -0.357. The summed E-state index contributed by atoms with van der Waals surface area (Å²) in [5, 5.41) is 7.22. The van der Waals surface area contributed by atoms with Crippen molar-refractivity contribution in [3.05, 3.63) is 71.7 Å². The molecule has 7 heteroatoms. The van der Waals surface area contributed by atoms with Crippen LogP contribution in [0.2, 0.25) is 0 Å². The Morgan fingerprint density at radius 2 is 1.89 bits per heavy atom. The average Bonchev–Trinajstić information content (AvgIpc) is 3.11. The molecule has 1 amide bonds. The molecule has 1 atom stereocenters. The first-order valence-electron chi connectivity index (χ1n) is 8.77. The van der Waals surface area contributed by atoms with Crippen molar-refractivity contribution in [1.82, 2.24) is 15.1 Å². The molecule has 0 aliphatic heterocycles. The van der Waals surface area contributed by atoms with Crippen molar-refractivity contribution < 1.29 is 18.7 Å². The van der Waals surface area contributed by atoms with E-state index in [1.165, 1.54) is 16.8 Å². The van der Waals surface area contributed by atoms with Crippen LogP contribution in [-0.4, -0.2) is 36.5 Å². The second kappa shape index (κ2) is 8.67. The maximum absolute atomic E-state index is 13.1.